The Balaban J connectivity index is 1.84. The molecule has 2 N–H and O–H groups in total. The summed E-state index contributed by atoms with van der Waals surface area (Å²) in [5.41, 5.74) is 0.622. The van der Waals surface area contributed by atoms with Crippen molar-refractivity contribution in [1.82, 2.24) is 0 Å². The maximum absolute atomic E-state index is 12.9. The second-order valence-corrected chi connectivity index (χ2v) is 6.36. The first-order valence-corrected chi connectivity index (χ1v) is 8.64. The summed E-state index contributed by atoms with van der Waals surface area (Å²) in [7, 11) is 0. The average Bonchev–Trinajstić information content (AvgIpc) is 2.68. The van der Waals surface area contributed by atoms with Crippen LogP contribution in [-0.2, 0) is 11.0 Å². The molecule has 0 radical (unpaired) electrons. The van der Waals surface area contributed by atoms with E-state index in [-0.39, 0.29) is 18.0 Å². The third kappa shape index (κ3) is 4.71. The summed E-state index contributed by atoms with van der Waals surface area (Å²) in [5.74, 6) is -1.18. The molecule has 3 rings (SSSR count). The monoisotopic (exact) mass is 385 g/mol. The van der Waals surface area contributed by atoms with E-state index in [4.69, 9.17) is 0 Å². The first-order chi connectivity index (χ1) is 13.3. The van der Waals surface area contributed by atoms with Crippen LogP contribution in [0.15, 0.2) is 78.9 Å². The van der Waals surface area contributed by atoms with E-state index in [0.29, 0.717) is 0 Å². The molecule has 0 bridgehead atoms. The lowest BCUT2D eigenvalue weighted by Crippen LogP contribution is -2.17. The van der Waals surface area contributed by atoms with Crippen molar-refractivity contribution in [3.63, 3.8) is 0 Å². The number of hydrogen-bond donors (Lipinski definition) is 2. The van der Waals surface area contributed by atoms with Crippen LogP contribution in [0.1, 0.15) is 29.0 Å². The van der Waals surface area contributed by atoms with Gasteiger partial charge in [0.1, 0.15) is 5.75 Å². The van der Waals surface area contributed by atoms with Crippen molar-refractivity contribution >= 4 is 11.6 Å². The zero-order valence-corrected chi connectivity index (χ0v) is 14.8. The third-order valence-corrected chi connectivity index (χ3v) is 4.39. The number of benzene rings is 3. The van der Waals surface area contributed by atoms with Crippen LogP contribution < -0.4 is 5.32 Å². The first-order valence-electron chi connectivity index (χ1n) is 8.64. The number of halogens is 3. The minimum absolute atomic E-state index is 0.0176. The van der Waals surface area contributed by atoms with Gasteiger partial charge in [-0.15, -0.1) is 0 Å². The maximum Gasteiger partial charge on any atom is 0.416 e. The van der Waals surface area contributed by atoms with Crippen molar-refractivity contribution in [2.45, 2.75) is 18.5 Å². The van der Waals surface area contributed by atoms with E-state index in [9.17, 15) is 23.1 Å². The van der Waals surface area contributed by atoms with Crippen molar-refractivity contribution in [3.8, 4) is 5.75 Å². The Morgan fingerprint density at radius 1 is 0.893 bits per heavy atom. The summed E-state index contributed by atoms with van der Waals surface area (Å²) in [4.78, 5) is 12.6. The number of rotatable bonds is 5. The second kappa shape index (κ2) is 8.17. The van der Waals surface area contributed by atoms with Gasteiger partial charge >= 0.3 is 6.18 Å². The highest BCUT2D eigenvalue weighted by Crippen LogP contribution is 2.35. The van der Waals surface area contributed by atoms with Crippen LogP contribution in [0.4, 0.5) is 18.9 Å². The fourth-order valence-electron chi connectivity index (χ4n) is 3.00. The fourth-order valence-corrected chi connectivity index (χ4v) is 3.00. The standard InChI is InChI=1S/C22H18F3NO2/c23-22(24,25)17-11-12-20(27)19(13-17)26-21(28)14-18(15-7-3-1-4-8-15)16-9-5-2-6-10-16/h1-13,18,27H,14H2,(H,26,28). The largest absolute Gasteiger partial charge is 0.506 e. The molecule has 0 aliphatic heterocycles. The molecule has 0 aliphatic rings. The highest BCUT2D eigenvalue weighted by molar-refractivity contribution is 5.93. The van der Waals surface area contributed by atoms with Crippen LogP contribution in [0, 0.1) is 0 Å². The molecule has 0 saturated carbocycles. The number of alkyl halides is 3. The molecule has 3 nitrogen and oxygen atoms in total. The summed E-state index contributed by atoms with van der Waals surface area (Å²) >= 11 is 0. The quantitative estimate of drug-likeness (QED) is 0.564. The van der Waals surface area contributed by atoms with E-state index in [1.54, 1.807) is 0 Å². The van der Waals surface area contributed by atoms with Crippen molar-refractivity contribution in [2.24, 2.45) is 0 Å². The van der Waals surface area contributed by atoms with Crippen molar-refractivity contribution in [3.05, 3.63) is 95.6 Å². The average molecular weight is 385 g/mol. The molecule has 144 valence electrons. The van der Waals surface area contributed by atoms with Gasteiger partial charge in [-0.05, 0) is 29.3 Å². The molecule has 0 unspecified atom stereocenters. The summed E-state index contributed by atoms with van der Waals surface area (Å²) in [5, 5.41) is 12.2. The number of amides is 1. The summed E-state index contributed by atoms with van der Waals surface area (Å²) in [6, 6.07) is 21.2. The predicted octanol–water partition coefficient (Wildman–Crippen LogP) is 5.57. The highest BCUT2D eigenvalue weighted by Gasteiger charge is 2.31. The molecule has 3 aromatic rings. The molecular formula is C22H18F3NO2. The van der Waals surface area contributed by atoms with Gasteiger partial charge in [0.25, 0.3) is 0 Å². The number of aromatic hydroxyl groups is 1. The molecule has 6 heteroatoms. The van der Waals surface area contributed by atoms with Gasteiger partial charge in [-0.3, -0.25) is 4.79 Å². The Bertz CT molecular complexity index is 902. The number of carbonyl (C=O) groups is 1. The van der Waals surface area contributed by atoms with Gasteiger partial charge in [-0.1, -0.05) is 60.7 Å². The van der Waals surface area contributed by atoms with E-state index in [0.717, 1.165) is 29.3 Å². The van der Waals surface area contributed by atoms with E-state index in [1.807, 2.05) is 60.7 Å². The van der Waals surface area contributed by atoms with E-state index >= 15 is 0 Å². The maximum atomic E-state index is 12.9. The molecule has 0 atom stereocenters. The zero-order valence-electron chi connectivity index (χ0n) is 14.8. The van der Waals surface area contributed by atoms with Crippen molar-refractivity contribution < 1.29 is 23.1 Å². The lowest BCUT2D eigenvalue weighted by Gasteiger charge is -2.18. The summed E-state index contributed by atoms with van der Waals surface area (Å²) < 4.78 is 38.7. The van der Waals surface area contributed by atoms with Crippen LogP contribution in [0.5, 0.6) is 5.75 Å². The molecule has 0 saturated heterocycles. The van der Waals surface area contributed by atoms with Gasteiger partial charge in [-0.2, -0.15) is 13.2 Å². The lowest BCUT2D eigenvalue weighted by molar-refractivity contribution is -0.137. The Morgan fingerprint density at radius 3 is 1.93 bits per heavy atom. The van der Waals surface area contributed by atoms with Crippen LogP contribution in [0.25, 0.3) is 0 Å². The Morgan fingerprint density at radius 2 is 1.43 bits per heavy atom. The van der Waals surface area contributed by atoms with Gasteiger partial charge in [0.2, 0.25) is 5.91 Å². The van der Waals surface area contributed by atoms with Crippen LogP contribution in [0.3, 0.4) is 0 Å². The normalized spacial score (nSPS) is 11.4. The van der Waals surface area contributed by atoms with Gasteiger partial charge in [-0.25, -0.2) is 0 Å². The van der Waals surface area contributed by atoms with Gasteiger partial charge in [0, 0.05) is 12.3 Å². The van der Waals surface area contributed by atoms with E-state index in [2.05, 4.69) is 5.32 Å². The molecule has 0 fully saturated rings. The Labute approximate surface area is 160 Å². The minimum Gasteiger partial charge on any atom is -0.506 e. The summed E-state index contributed by atoms with van der Waals surface area (Å²) in [6.45, 7) is 0. The number of nitrogens with one attached hydrogen (secondary N) is 1. The Hall–Kier alpha value is -3.28. The van der Waals surface area contributed by atoms with Crippen LogP contribution in [-0.4, -0.2) is 11.0 Å². The number of phenolic OH excluding ortho intramolecular Hbond substituents is 1. The molecule has 1 amide bonds. The van der Waals surface area contributed by atoms with Gasteiger partial charge < -0.3 is 10.4 Å². The molecule has 0 aliphatic carbocycles. The SMILES string of the molecule is O=C(CC(c1ccccc1)c1ccccc1)Nc1cc(C(F)(F)F)ccc1O. The number of carbonyl (C=O) groups excluding carboxylic acids is 1. The predicted molar refractivity (Wildman–Crippen MR) is 101 cm³/mol. The fraction of sp³-hybridized carbons (Fsp3) is 0.136. The Kier molecular flexibility index (Phi) is 5.68. The molecule has 28 heavy (non-hydrogen) atoms. The lowest BCUT2D eigenvalue weighted by atomic mass is 9.88. The second-order valence-electron chi connectivity index (χ2n) is 6.36. The van der Waals surface area contributed by atoms with Gasteiger partial charge in [0.05, 0.1) is 11.3 Å². The summed E-state index contributed by atoms with van der Waals surface area (Å²) in [6.07, 6.45) is -4.55. The zero-order chi connectivity index (χ0) is 20.1. The minimum atomic E-state index is -4.57. The van der Waals surface area contributed by atoms with Gasteiger partial charge in [0.15, 0.2) is 0 Å². The van der Waals surface area contributed by atoms with Crippen LogP contribution in [0.2, 0.25) is 0 Å². The molecule has 0 heterocycles. The molecule has 0 aromatic heterocycles. The molecule has 3 aromatic carbocycles. The van der Waals surface area contributed by atoms with E-state index < -0.39 is 23.4 Å². The third-order valence-electron chi connectivity index (χ3n) is 4.39. The highest BCUT2D eigenvalue weighted by atomic mass is 19.4. The van der Waals surface area contributed by atoms with Crippen molar-refractivity contribution in [2.75, 3.05) is 5.32 Å². The smallest absolute Gasteiger partial charge is 0.416 e. The van der Waals surface area contributed by atoms with E-state index in [1.165, 1.54) is 0 Å². The topological polar surface area (TPSA) is 49.3 Å². The number of phenols is 1. The number of anilines is 1. The number of hydrogen-bond acceptors (Lipinski definition) is 2. The molecule has 0 spiro atoms. The van der Waals surface area contributed by atoms with Crippen molar-refractivity contribution in [1.29, 1.82) is 0 Å². The first kappa shape index (κ1) is 19.5. The molecular weight excluding hydrogens is 367 g/mol. The van der Waals surface area contributed by atoms with Crippen LogP contribution >= 0.6 is 0 Å².